The number of hydrogen-bond acceptors (Lipinski definition) is 2. The Bertz CT molecular complexity index is 790. The van der Waals surface area contributed by atoms with E-state index in [2.05, 4.69) is 0 Å². The minimum atomic E-state index is -0.0121. The van der Waals surface area contributed by atoms with Gasteiger partial charge in [-0.3, -0.25) is 4.79 Å². The Balaban J connectivity index is 2.18. The first kappa shape index (κ1) is 11.5. The lowest BCUT2D eigenvalue weighted by molar-refractivity contribution is 0.796. The van der Waals surface area contributed by atoms with Crippen LogP contribution >= 0.6 is 0 Å². The first-order valence-corrected chi connectivity index (χ1v) is 6.18. The number of para-hydroxylation sites is 2. The SMILES string of the molecule is Nc1ccccc1Cn1c(=O)ccc2ccccc21. The summed E-state index contributed by atoms with van der Waals surface area (Å²) in [6, 6.07) is 18.9. The number of nitrogens with zero attached hydrogens (tertiary/aromatic N) is 1. The van der Waals surface area contributed by atoms with E-state index in [0.717, 1.165) is 16.5 Å². The minimum absolute atomic E-state index is 0.0121. The van der Waals surface area contributed by atoms with Gasteiger partial charge in [0.25, 0.3) is 5.56 Å². The zero-order valence-electron chi connectivity index (χ0n) is 10.4. The number of rotatable bonds is 2. The molecule has 2 aromatic carbocycles. The van der Waals surface area contributed by atoms with E-state index in [-0.39, 0.29) is 5.56 Å². The topological polar surface area (TPSA) is 48.0 Å². The van der Waals surface area contributed by atoms with Crippen LogP contribution in [0.5, 0.6) is 0 Å². The van der Waals surface area contributed by atoms with Crippen LogP contribution in [0.1, 0.15) is 5.56 Å². The number of pyridine rings is 1. The number of fused-ring (bicyclic) bond motifs is 1. The molecule has 0 saturated carbocycles. The highest BCUT2D eigenvalue weighted by molar-refractivity contribution is 5.78. The van der Waals surface area contributed by atoms with E-state index < -0.39 is 0 Å². The van der Waals surface area contributed by atoms with E-state index >= 15 is 0 Å². The third-order valence-corrected chi connectivity index (χ3v) is 3.28. The zero-order valence-corrected chi connectivity index (χ0v) is 10.4. The molecular formula is C16H14N2O. The standard InChI is InChI=1S/C16H14N2O/c17-14-7-3-1-6-13(14)11-18-15-8-4-2-5-12(15)9-10-16(18)19/h1-10H,11,17H2. The molecule has 0 spiro atoms. The van der Waals surface area contributed by atoms with E-state index in [9.17, 15) is 4.79 Å². The molecule has 0 aliphatic heterocycles. The number of aromatic nitrogens is 1. The predicted molar refractivity (Wildman–Crippen MR) is 78.2 cm³/mol. The van der Waals surface area contributed by atoms with Crippen molar-refractivity contribution in [1.82, 2.24) is 4.57 Å². The molecule has 2 N–H and O–H groups in total. The Hall–Kier alpha value is -2.55. The maximum absolute atomic E-state index is 12.1. The Morgan fingerprint density at radius 2 is 1.63 bits per heavy atom. The van der Waals surface area contributed by atoms with Crippen molar-refractivity contribution in [3.63, 3.8) is 0 Å². The number of benzene rings is 2. The Morgan fingerprint density at radius 1 is 0.895 bits per heavy atom. The Kier molecular flexibility index (Phi) is 2.80. The minimum Gasteiger partial charge on any atom is -0.398 e. The van der Waals surface area contributed by atoms with Crippen molar-refractivity contribution < 1.29 is 0 Å². The number of nitrogen functional groups attached to an aromatic ring is 1. The quantitative estimate of drug-likeness (QED) is 0.711. The van der Waals surface area contributed by atoms with Gasteiger partial charge in [0.15, 0.2) is 0 Å². The summed E-state index contributed by atoms with van der Waals surface area (Å²) in [6.45, 7) is 0.493. The normalized spacial score (nSPS) is 10.7. The van der Waals surface area contributed by atoms with Gasteiger partial charge < -0.3 is 10.3 Å². The maximum atomic E-state index is 12.1. The molecule has 0 aliphatic rings. The molecule has 0 bridgehead atoms. The molecule has 0 unspecified atom stereocenters. The van der Waals surface area contributed by atoms with E-state index in [1.807, 2.05) is 54.6 Å². The molecular weight excluding hydrogens is 236 g/mol. The Labute approximate surface area is 110 Å². The highest BCUT2D eigenvalue weighted by Gasteiger charge is 2.05. The fourth-order valence-corrected chi connectivity index (χ4v) is 2.26. The molecule has 0 amide bonds. The molecule has 1 aromatic heterocycles. The smallest absolute Gasteiger partial charge is 0.251 e. The third kappa shape index (κ3) is 2.10. The van der Waals surface area contributed by atoms with Crippen LogP contribution < -0.4 is 11.3 Å². The maximum Gasteiger partial charge on any atom is 0.251 e. The van der Waals surface area contributed by atoms with Gasteiger partial charge in [-0.15, -0.1) is 0 Å². The molecule has 19 heavy (non-hydrogen) atoms. The number of nitrogens with two attached hydrogens (primary N) is 1. The first-order chi connectivity index (χ1) is 9.25. The molecule has 3 heteroatoms. The van der Waals surface area contributed by atoms with E-state index in [0.29, 0.717) is 12.2 Å². The lowest BCUT2D eigenvalue weighted by atomic mass is 10.1. The van der Waals surface area contributed by atoms with Crippen LogP contribution in [0.15, 0.2) is 65.5 Å². The molecule has 0 saturated heterocycles. The van der Waals surface area contributed by atoms with Crippen molar-refractivity contribution in [2.45, 2.75) is 6.54 Å². The van der Waals surface area contributed by atoms with E-state index in [4.69, 9.17) is 5.73 Å². The van der Waals surface area contributed by atoms with Crippen molar-refractivity contribution in [2.75, 3.05) is 5.73 Å². The third-order valence-electron chi connectivity index (χ3n) is 3.28. The molecule has 3 nitrogen and oxygen atoms in total. The van der Waals surface area contributed by atoms with Crippen molar-refractivity contribution in [2.24, 2.45) is 0 Å². The van der Waals surface area contributed by atoms with Gasteiger partial charge in [-0.1, -0.05) is 36.4 Å². The van der Waals surface area contributed by atoms with Crippen LogP contribution in [0.3, 0.4) is 0 Å². The van der Waals surface area contributed by atoms with Crippen LogP contribution in [0.4, 0.5) is 5.69 Å². The summed E-state index contributed by atoms with van der Waals surface area (Å²) in [5.41, 5.74) is 8.53. The highest BCUT2D eigenvalue weighted by atomic mass is 16.1. The van der Waals surface area contributed by atoms with Crippen LogP contribution in [0, 0.1) is 0 Å². The molecule has 0 aliphatic carbocycles. The fourth-order valence-electron chi connectivity index (χ4n) is 2.26. The van der Waals surface area contributed by atoms with Gasteiger partial charge >= 0.3 is 0 Å². The number of anilines is 1. The summed E-state index contributed by atoms with van der Waals surface area (Å²) in [5, 5.41) is 1.05. The van der Waals surface area contributed by atoms with E-state index in [1.54, 1.807) is 10.6 Å². The van der Waals surface area contributed by atoms with Crippen LogP contribution in [-0.2, 0) is 6.54 Å². The predicted octanol–water partition coefficient (Wildman–Crippen LogP) is 2.63. The van der Waals surface area contributed by atoms with Gasteiger partial charge in [0.05, 0.1) is 12.1 Å². The molecule has 0 atom stereocenters. The molecule has 0 radical (unpaired) electrons. The highest BCUT2D eigenvalue weighted by Crippen LogP contribution is 2.16. The Morgan fingerprint density at radius 3 is 2.47 bits per heavy atom. The molecule has 0 fully saturated rings. The molecule has 94 valence electrons. The monoisotopic (exact) mass is 250 g/mol. The van der Waals surface area contributed by atoms with Crippen LogP contribution in [-0.4, -0.2) is 4.57 Å². The summed E-state index contributed by atoms with van der Waals surface area (Å²) in [5.74, 6) is 0. The van der Waals surface area contributed by atoms with Gasteiger partial charge in [-0.2, -0.15) is 0 Å². The molecule has 3 rings (SSSR count). The second-order valence-corrected chi connectivity index (χ2v) is 4.52. The van der Waals surface area contributed by atoms with Crippen molar-refractivity contribution in [3.05, 3.63) is 76.6 Å². The second kappa shape index (κ2) is 4.61. The summed E-state index contributed by atoms with van der Waals surface area (Å²) in [4.78, 5) is 12.1. The van der Waals surface area contributed by atoms with Crippen molar-refractivity contribution in [1.29, 1.82) is 0 Å². The number of hydrogen-bond donors (Lipinski definition) is 1. The van der Waals surface area contributed by atoms with E-state index in [1.165, 1.54) is 0 Å². The van der Waals surface area contributed by atoms with Gasteiger partial charge in [-0.05, 0) is 29.1 Å². The van der Waals surface area contributed by atoms with Crippen LogP contribution in [0.2, 0.25) is 0 Å². The van der Waals surface area contributed by atoms with Gasteiger partial charge in [-0.25, -0.2) is 0 Å². The van der Waals surface area contributed by atoms with Gasteiger partial charge in [0, 0.05) is 11.8 Å². The van der Waals surface area contributed by atoms with Crippen molar-refractivity contribution in [3.8, 4) is 0 Å². The van der Waals surface area contributed by atoms with Crippen LogP contribution in [0.25, 0.3) is 10.9 Å². The largest absolute Gasteiger partial charge is 0.398 e. The van der Waals surface area contributed by atoms with Gasteiger partial charge in [0.1, 0.15) is 0 Å². The average Bonchev–Trinajstić information content (AvgIpc) is 2.44. The fraction of sp³-hybridized carbons (Fsp3) is 0.0625. The summed E-state index contributed by atoms with van der Waals surface area (Å²) < 4.78 is 1.75. The summed E-state index contributed by atoms with van der Waals surface area (Å²) in [6.07, 6.45) is 0. The van der Waals surface area contributed by atoms with Crippen molar-refractivity contribution >= 4 is 16.6 Å². The second-order valence-electron chi connectivity index (χ2n) is 4.52. The lowest BCUT2D eigenvalue weighted by Crippen LogP contribution is -2.20. The summed E-state index contributed by atoms with van der Waals surface area (Å²) in [7, 11) is 0. The summed E-state index contributed by atoms with van der Waals surface area (Å²) >= 11 is 0. The molecule has 1 heterocycles. The lowest BCUT2D eigenvalue weighted by Gasteiger charge is -2.11. The molecule has 3 aromatic rings. The first-order valence-electron chi connectivity index (χ1n) is 6.18. The van der Waals surface area contributed by atoms with Gasteiger partial charge in [0.2, 0.25) is 0 Å². The average molecular weight is 250 g/mol. The zero-order chi connectivity index (χ0) is 13.2.